The van der Waals surface area contributed by atoms with E-state index < -0.39 is 6.04 Å². The van der Waals surface area contributed by atoms with Gasteiger partial charge in [-0.2, -0.15) is 0 Å². The fourth-order valence-corrected chi connectivity index (χ4v) is 3.80. The Kier molecular flexibility index (Phi) is 6.74. The highest BCUT2D eigenvalue weighted by atomic mass is 19.1. The van der Waals surface area contributed by atoms with Crippen molar-refractivity contribution in [3.05, 3.63) is 83.3 Å². The van der Waals surface area contributed by atoms with Gasteiger partial charge in [0.05, 0.1) is 44.0 Å². The number of aromatic nitrogens is 2. The van der Waals surface area contributed by atoms with E-state index in [1.165, 1.54) is 17.0 Å². The van der Waals surface area contributed by atoms with Crippen LogP contribution >= 0.6 is 0 Å². The molecule has 1 fully saturated rings. The highest BCUT2D eigenvalue weighted by Crippen LogP contribution is 2.29. The average Bonchev–Trinajstić information content (AvgIpc) is 3.40. The number of ether oxygens (including phenoxy) is 1. The highest BCUT2D eigenvalue weighted by Gasteiger charge is 2.36. The molecule has 0 unspecified atom stereocenters. The quantitative estimate of drug-likeness (QED) is 0.525. The second-order valence-electron chi connectivity index (χ2n) is 7.87. The average molecular weight is 464 g/mol. The monoisotopic (exact) mass is 463 g/mol. The van der Waals surface area contributed by atoms with Crippen LogP contribution in [0.15, 0.2) is 65.7 Å². The van der Waals surface area contributed by atoms with Crippen molar-refractivity contribution < 1.29 is 19.0 Å². The smallest absolute Gasteiger partial charge is 0.277 e. The van der Waals surface area contributed by atoms with Gasteiger partial charge in [-0.3, -0.25) is 14.7 Å². The number of hydrogen-bond acceptors (Lipinski definition) is 5. The van der Waals surface area contributed by atoms with Crippen molar-refractivity contribution in [1.82, 2.24) is 19.8 Å². The molecule has 0 radical (unpaired) electrons. The van der Waals surface area contributed by atoms with Crippen LogP contribution in [0.5, 0.6) is 5.75 Å². The number of halogens is 1. The summed E-state index contributed by atoms with van der Waals surface area (Å²) in [5.41, 5.74) is 3.56. The van der Waals surface area contributed by atoms with Gasteiger partial charge in [0.1, 0.15) is 17.3 Å². The molecular weight excluding hydrogens is 437 g/mol. The molecule has 34 heavy (non-hydrogen) atoms. The van der Waals surface area contributed by atoms with E-state index >= 15 is 0 Å². The first-order chi connectivity index (χ1) is 16.4. The molecule has 2 N–H and O–H groups in total. The lowest BCUT2D eigenvalue weighted by atomic mass is 10.1. The maximum Gasteiger partial charge on any atom is 0.277 e. The van der Waals surface area contributed by atoms with Crippen LogP contribution in [0.2, 0.25) is 0 Å². The topological polar surface area (TPSA) is 92.0 Å². The predicted molar refractivity (Wildman–Crippen MR) is 127 cm³/mol. The molecule has 0 aliphatic carbocycles. The Balaban J connectivity index is 1.66. The highest BCUT2D eigenvalue weighted by molar-refractivity contribution is 6.15. The Hall–Kier alpha value is -3.98. The number of guanidine groups is 1. The first-order valence-corrected chi connectivity index (χ1v) is 10.8. The van der Waals surface area contributed by atoms with Crippen LogP contribution in [-0.2, 0) is 4.79 Å². The molecule has 0 bridgehead atoms. The van der Waals surface area contributed by atoms with Gasteiger partial charge in [-0.25, -0.2) is 9.37 Å². The summed E-state index contributed by atoms with van der Waals surface area (Å²) in [5, 5.41) is 12.3. The molecule has 1 saturated heterocycles. The van der Waals surface area contributed by atoms with Gasteiger partial charge >= 0.3 is 0 Å². The number of hydrogen-bond donors (Lipinski definition) is 2. The standard InChI is InChI=1S/C25H26FN5O3/c1-16-14-30(15-28-16)22-9-4-18(13-23(22)34-3)12-21-24(33)31(25(29-21)27-10-11-32)17(2)19-5-7-20(26)8-6-19/h4-9,12-15,17,32H,10-11H2,1-3H3,(H,27,29)/b21-12-/t17-/m1/s1. The van der Waals surface area contributed by atoms with Gasteiger partial charge < -0.3 is 19.7 Å². The Labute approximate surface area is 197 Å². The molecule has 9 heteroatoms. The summed E-state index contributed by atoms with van der Waals surface area (Å²) in [6.45, 7) is 3.74. The fourth-order valence-electron chi connectivity index (χ4n) is 3.80. The van der Waals surface area contributed by atoms with Crippen molar-refractivity contribution in [3.63, 3.8) is 0 Å². The van der Waals surface area contributed by atoms with Crippen LogP contribution in [0.1, 0.15) is 29.8 Å². The van der Waals surface area contributed by atoms with Crippen LogP contribution in [0.25, 0.3) is 11.8 Å². The number of carbonyl (C=O) groups excluding carboxylic acids is 1. The van der Waals surface area contributed by atoms with Crippen LogP contribution in [0.4, 0.5) is 4.39 Å². The number of aryl methyl sites for hydroxylation is 1. The lowest BCUT2D eigenvalue weighted by Crippen LogP contribution is -2.35. The lowest BCUT2D eigenvalue weighted by molar-refractivity contribution is -0.123. The number of aliphatic hydroxyl groups is 1. The SMILES string of the molecule is COc1cc(/C=C2\N/C(=N\CCO)N([C@H](C)c3ccc(F)cc3)C2=O)ccc1-n1cnc(C)c1. The number of aliphatic imine (C=N–C) groups is 1. The number of benzene rings is 2. The zero-order valence-corrected chi connectivity index (χ0v) is 19.2. The van der Waals surface area contributed by atoms with E-state index in [0.717, 1.165) is 22.5 Å². The number of nitrogens with zero attached hydrogens (tertiary/aromatic N) is 4. The number of methoxy groups -OCH3 is 1. The lowest BCUT2D eigenvalue weighted by Gasteiger charge is -2.23. The first kappa shape index (κ1) is 23.2. The summed E-state index contributed by atoms with van der Waals surface area (Å²) in [6.07, 6.45) is 5.34. The first-order valence-electron chi connectivity index (χ1n) is 10.8. The summed E-state index contributed by atoms with van der Waals surface area (Å²) in [5.74, 6) is 0.337. The summed E-state index contributed by atoms with van der Waals surface area (Å²) >= 11 is 0. The molecule has 3 aromatic rings. The number of amides is 1. The third kappa shape index (κ3) is 4.69. The molecule has 1 atom stereocenters. The van der Waals surface area contributed by atoms with E-state index in [-0.39, 0.29) is 24.9 Å². The third-order valence-corrected chi connectivity index (χ3v) is 5.53. The Bertz CT molecular complexity index is 1250. The van der Waals surface area contributed by atoms with E-state index in [1.54, 1.807) is 31.6 Å². The van der Waals surface area contributed by atoms with E-state index in [1.807, 2.05) is 42.8 Å². The van der Waals surface area contributed by atoms with Crippen molar-refractivity contribution in [1.29, 1.82) is 0 Å². The predicted octanol–water partition coefficient (Wildman–Crippen LogP) is 3.21. The van der Waals surface area contributed by atoms with Crippen molar-refractivity contribution in [2.75, 3.05) is 20.3 Å². The third-order valence-electron chi connectivity index (χ3n) is 5.53. The van der Waals surface area contributed by atoms with Gasteiger partial charge in [-0.05, 0) is 55.3 Å². The van der Waals surface area contributed by atoms with Crippen LogP contribution in [-0.4, -0.2) is 51.7 Å². The van der Waals surface area contributed by atoms with Gasteiger partial charge in [0.25, 0.3) is 5.91 Å². The van der Waals surface area contributed by atoms with E-state index in [9.17, 15) is 14.3 Å². The van der Waals surface area contributed by atoms with Crippen LogP contribution < -0.4 is 10.1 Å². The molecular formula is C25H26FN5O3. The van der Waals surface area contributed by atoms with Crippen LogP contribution in [0.3, 0.4) is 0 Å². The molecule has 176 valence electrons. The van der Waals surface area contributed by atoms with Crippen molar-refractivity contribution >= 4 is 17.9 Å². The number of rotatable bonds is 7. The van der Waals surface area contributed by atoms with Crippen molar-refractivity contribution in [3.8, 4) is 11.4 Å². The maximum atomic E-state index is 13.4. The van der Waals surface area contributed by atoms with Crippen LogP contribution in [0, 0.1) is 12.7 Å². The minimum absolute atomic E-state index is 0.141. The largest absolute Gasteiger partial charge is 0.495 e. The van der Waals surface area contributed by atoms with E-state index in [2.05, 4.69) is 15.3 Å². The summed E-state index contributed by atoms with van der Waals surface area (Å²) in [7, 11) is 1.59. The second-order valence-corrected chi connectivity index (χ2v) is 7.87. The number of carbonyl (C=O) groups is 1. The molecule has 1 aliphatic heterocycles. The number of nitrogens with one attached hydrogen (secondary N) is 1. The van der Waals surface area contributed by atoms with Gasteiger partial charge in [-0.15, -0.1) is 0 Å². The second kappa shape index (κ2) is 9.88. The van der Waals surface area contributed by atoms with E-state index in [0.29, 0.717) is 17.4 Å². The minimum Gasteiger partial charge on any atom is -0.495 e. The van der Waals surface area contributed by atoms with Gasteiger partial charge in [0, 0.05) is 6.20 Å². The summed E-state index contributed by atoms with van der Waals surface area (Å²) < 4.78 is 20.8. The zero-order chi connectivity index (χ0) is 24.2. The fraction of sp³-hybridized carbons (Fsp3) is 0.240. The summed E-state index contributed by atoms with van der Waals surface area (Å²) in [4.78, 5) is 23.4. The molecule has 2 aromatic carbocycles. The van der Waals surface area contributed by atoms with Gasteiger partial charge in [0.15, 0.2) is 0 Å². The molecule has 0 saturated carbocycles. The summed E-state index contributed by atoms with van der Waals surface area (Å²) in [6, 6.07) is 11.2. The molecule has 1 amide bonds. The normalized spacial score (nSPS) is 16.9. The molecule has 1 aromatic heterocycles. The molecule has 4 rings (SSSR count). The molecule has 8 nitrogen and oxygen atoms in total. The Morgan fingerprint density at radius 2 is 2.03 bits per heavy atom. The number of imidazole rings is 1. The zero-order valence-electron chi connectivity index (χ0n) is 19.2. The molecule has 0 spiro atoms. The van der Waals surface area contributed by atoms with E-state index in [4.69, 9.17) is 4.74 Å². The molecule has 2 heterocycles. The minimum atomic E-state index is -0.398. The van der Waals surface area contributed by atoms with Gasteiger partial charge in [-0.1, -0.05) is 18.2 Å². The molecule has 1 aliphatic rings. The Morgan fingerprint density at radius 3 is 2.68 bits per heavy atom. The van der Waals surface area contributed by atoms with Crippen molar-refractivity contribution in [2.24, 2.45) is 4.99 Å². The maximum absolute atomic E-state index is 13.4. The van der Waals surface area contributed by atoms with Gasteiger partial charge in [0.2, 0.25) is 5.96 Å². The Morgan fingerprint density at radius 1 is 1.26 bits per heavy atom. The van der Waals surface area contributed by atoms with Crippen molar-refractivity contribution in [2.45, 2.75) is 19.9 Å². The number of aliphatic hydroxyl groups excluding tert-OH is 1.